The Bertz CT molecular complexity index is 405. The number of benzene rings is 1. The Hall–Kier alpha value is -1.73. The van der Waals surface area contributed by atoms with E-state index in [1.807, 2.05) is 6.07 Å². The Balaban J connectivity index is 2.16. The van der Waals surface area contributed by atoms with Crippen LogP contribution in [0.15, 0.2) is 18.2 Å². The van der Waals surface area contributed by atoms with E-state index in [4.69, 9.17) is 14.7 Å². The fraction of sp³-hybridized carbons (Fsp3) is 0.417. The number of phenols is 1. The maximum atomic E-state index is 9.65. The van der Waals surface area contributed by atoms with Crippen LogP contribution >= 0.6 is 0 Å². The van der Waals surface area contributed by atoms with Gasteiger partial charge in [-0.3, -0.25) is 0 Å². The quantitative estimate of drug-likeness (QED) is 0.824. The van der Waals surface area contributed by atoms with E-state index in [1.54, 1.807) is 12.1 Å². The topological polar surface area (TPSA) is 62.5 Å². The van der Waals surface area contributed by atoms with E-state index in [0.29, 0.717) is 18.8 Å². The van der Waals surface area contributed by atoms with E-state index in [0.717, 1.165) is 12.8 Å². The number of para-hydroxylation sites is 1. The average molecular weight is 219 g/mol. The molecule has 0 saturated carbocycles. The number of rotatable bonds is 2. The van der Waals surface area contributed by atoms with Crippen LogP contribution in [0.25, 0.3) is 0 Å². The molecule has 1 aliphatic rings. The Labute approximate surface area is 94.0 Å². The fourth-order valence-corrected chi connectivity index (χ4v) is 1.70. The first kappa shape index (κ1) is 10.8. The van der Waals surface area contributed by atoms with Gasteiger partial charge in [-0.1, -0.05) is 6.07 Å². The van der Waals surface area contributed by atoms with Crippen LogP contribution in [0, 0.1) is 11.3 Å². The molecule has 1 fully saturated rings. The third-order valence-corrected chi connectivity index (χ3v) is 2.57. The molecule has 0 atom stereocenters. The minimum absolute atomic E-state index is 0.0190. The molecule has 0 amide bonds. The van der Waals surface area contributed by atoms with E-state index in [1.165, 1.54) is 6.07 Å². The zero-order chi connectivity index (χ0) is 11.4. The lowest BCUT2D eigenvalue weighted by atomic mass is 10.1. The van der Waals surface area contributed by atoms with Crippen molar-refractivity contribution in [2.45, 2.75) is 18.9 Å². The molecule has 4 nitrogen and oxygen atoms in total. The van der Waals surface area contributed by atoms with Gasteiger partial charge in [0, 0.05) is 12.8 Å². The predicted molar refractivity (Wildman–Crippen MR) is 57.3 cm³/mol. The van der Waals surface area contributed by atoms with Crippen molar-refractivity contribution in [2.24, 2.45) is 0 Å². The molecule has 0 unspecified atom stereocenters. The predicted octanol–water partition coefficient (Wildman–Crippen LogP) is 1.82. The van der Waals surface area contributed by atoms with E-state index in [9.17, 15) is 5.11 Å². The zero-order valence-electron chi connectivity index (χ0n) is 8.85. The average Bonchev–Trinajstić information content (AvgIpc) is 2.33. The third-order valence-electron chi connectivity index (χ3n) is 2.57. The van der Waals surface area contributed by atoms with Crippen LogP contribution in [-0.2, 0) is 4.74 Å². The van der Waals surface area contributed by atoms with Crippen molar-refractivity contribution in [3.05, 3.63) is 23.8 Å². The highest BCUT2D eigenvalue weighted by Crippen LogP contribution is 2.31. The smallest absolute Gasteiger partial charge is 0.179 e. The van der Waals surface area contributed by atoms with Gasteiger partial charge >= 0.3 is 0 Å². The molecule has 1 heterocycles. The van der Waals surface area contributed by atoms with Crippen molar-refractivity contribution >= 4 is 0 Å². The van der Waals surface area contributed by atoms with Crippen molar-refractivity contribution in [2.75, 3.05) is 13.2 Å². The third kappa shape index (κ3) is 2.26. The zero-order valence-corrected chi connectivity index (χ0v) is 8.85. The number of aromatic hydroxyl groups is 1. The second-order valence-electron chi connectivity index (χ2n) is 3.70. The lowest BCUT2D eigenvalue weighted by Gasteiger charge is -2.24. The van der Waals surface area contributed by atoms with E-state index in [2.05, 4.69) is 0 Å². The highest BCUT2D eigenvalue weighted by molar-refractivity contribution is 5.51. The first-order valence-corrected chi connectivity index (χ1v) is 5.27. The Morgan fingerprint density at radius 2 is 2.12 bits per heavy atom. The summed E-state index contributed by atoms with van der Waals surface area (Å²) in [6.07, 6.45) is 1.60. The summed E-state index contributed by atoms with van der Waals surface area (Å²) in [5, 5.41) is 18.6. The molecule has 1 saturated heterocycles. The summed E-state index contributed by atoms with van der Waals surface area (Å²) >= 11 is 0. The van der Waals surface area contributed by atoms with Gasteiger partial charge in [-0.2, -0.15) is 5.26 Å². The molecule has 84 valence electrons. The Kier molecular flexibility index (Phi) is 3.28. The molecule has 0 aromatic heterocycles. The largest absolute Gasteiger partial charge is 0.504 e. The first-order valence-electron chi connectivity index (χ1n) is 5.27. The van der Waals surface area contributed by atoms with Gasteiger partial charge < -0.3 is 14.6 Å². The number of nitrogens with zero attached hydrogens (tertiary/aromatic N) is 1. The first-order chi connectivity index (χ1) is 7.81. The van der Waals surface area contributed by atoms with Gasteiger partial charge in [0.05, 0.1) is 18.8 Å². The van der Waals surface area contributed by atoms with E-state index >= 15 is 0 Å². The Morgan fingerprint density at radius 3 is 2.81 bits per heavy atom. The van der Waals surface area contributed by atoms with Gasteiger partial charge in [-0.05, 0) is 12.1 Å². The molecule has 1 aromatic rings. The molecule has 0 bridgehead atoms. The summed E-state index contributed by atoms with van der Waals surface area (Å²) in [5.74, 6) is 0.308. The molecule has 1 N–H and O–H groups in total. The molecule has 1 aliphatic heterocycles. The van der Waals surface area contributed by atoms with Crippen LogP contribution in [0.4, 0.5) is 0 Å². The van der Waals surface area contributed by atoms with Crippen molar-refractivity contribution in [1.82, 2.24) is 0 Å². The van der Waals surface area contributed by atoms with Gasteiger partial charge in [0.25, 0.3) is 0 Å². The van der Waals surface area contributed by atoms with Gasteiger partial charge in [0.1, 0.15) is 12.2 Å². The van der Waals surface area contributed by atoms with Crippen molar-refractivity contribution in [3.63, 3.8) is 0 Å². The lowest BCUT2D eigenvalue weighted by molar-refractivity contribution is 0.0244. The van der Waals surface area contributed by atoms with Crippen LogP contribution in [0.5, 0.6) is 11.5 Å². The second-order valence-corrected chi connectivity index (χ2v) is 3.70. The summed E-state index contributed by atoms with van der Waals surface area (Å²) in [5.41, 5.74) is 0.367. The summed E-state index contributed by atoms with van der Waals surface area (Å²) in [4.78, 5) is 0. The SMILES string of the molecule is N#Cc1cccc(O)c1OC1CCOCC1. The summed E-state index contributed by atoms with van der Waals surface area (Å²) in [7, 11) is 0. The number of ether oxygens (including phenoxy) is 2. The molecule has 2 rings (SSSR count). The maximum absolute atomic E-state index is 9.65. The Morgan fingerprint density at radius 1 is 1.38 bits per heavy atom. The lowest BCUT2D eigenvalue weighted by Crippen LogP contribution is -2.26. The van der Waals surface area contributed by atoms with E-state index < -0.39 is 0 Å². The van der Waals surface area contributed by atoms with Crippen LogP contribution in [0.1, 0.15) is 18.4 Å². The number of nitriles is 1. The standard InChI is InChI=1S/C12H13NO3/c13-8-9-2-1-3-11(14)12(9)16-10-4-6-15-7-5-10/h1-3,10,14H,4-7H2. The normalized spacial score (nSPS) is 16.7. The van der Waals surface area contributed by atoms with Crippen LogP contribution in [-0.4, -0.2) is 24.4 Å². The number of phenolic OH excluding ortho intramolecular Hbond substituents is 1. The molecule has 1 aromatic carbocycles. The maximum Gasteiger partial charge on any atom is 0.179 e. The minimum Gasteiger partial charge on any atom is -0.504 e. The molecule has 16 heavy (non-hydrogen) atoms. The molecular formula is C12H13NO3. The van der Waals surface area contributed by atoms with Gasteiger partial charge in [-0.25, -0.2) is 0 Å². The van der Waals surface area contributed by atoms with Crippen LogP contribution < -0.4 is 4.74 Å². The molecular weight excluding hydrogens is 206 g/mol. The van der Waals surface area contributed by atoms with Gasteiger partial charge in [0.15, 0.2) is 11.5 Å². The molecule has 0 radical (unpaired) electrons. The van der Waals surface area contributed by atoms with Crippen molar-refractivity contribution in [1.29, 1.82) is 5.26 Å². The van der Waals surface area contributed by atoms with Crippen molar-refractivity contribution < 1.29 is 14.6 Å². The number of hydrogen-bond acceptors (Lipinski definition) is 4. The monoisotopic (exact) mass is 219 g/mol. The highest BCUT2D eigenvalue weighted by atomic mass is 16.5. The highest BCUT2D eigenvalue weighted by Gasteiger charge is 2.18. The minimum atomic E-state index is 0.0190. The van der Waals surface area contributed by atoms with Gasteiger partial charge in [-0.15, -0.1) is 0 Å². The second kappa shape index (κ2) is 4.86. The van der Waals surface area contributed by atoms with E-state index in [-0.39, 0.29) is 17.6 Å². The summed E-state index contributed by atoms with van der Waals surface area (Å²) < 4.78 is 10.9. The van der Waals surface area contributed by atoms with Crippen LogP contribution in [0.2, 0.25) is 0 Å². The fourth-order valence-electron chi connectivity index (χ4n) is 1.70. The summed E-state index contributed by atoms with van der Waals surface area (Å²) in [6, 6.07) is 6.80. The van der Waals surface area contributed by atoms with Gasteiger partial charge in [0.2, 0.25) is 0 Å². The van der Waals surface area contributed by atoms with Crippen molar-refractivity contribution in [3.8, 4) is 17.6 Å². The molecule has 0 aliphatic carbocycles. The summed E-state index contributed by atoms with van der Waals surface area (Å²) in [6.45, 7) is 1.33. The molecule has 0 spiro atoms. The molecule has 4 heteroatoms. The number of hydrogen-bond donors (Lipinski definition) is 1. The van der Waals surface area contributed by atoms with Crippen LogP contribution in [0.3, 0.4) is 0 Å².